The molecule has 3 rings (SSSR count). The lowest BCUT2D eigenvalue weighted by atomic mass is 10.1. The van der Waals surface area contributed by atoms with E-state index in [4.69, 9.17) is 0 Å². The summed E-state index contributed by atoms with van der Waals surface area (Å²) in [7, 11) is 0. The van der Waals surface area contributed by atoms with Gasteiger partial charge in [-0.1, -0.05) is 12.1 Å². The van der Waals surface area contributed by atoms with E-state index in [0.29, 0.717) is 0 Å². The van der Waals surface area contributed by atoms with Gasteiger partial charge in [0, 0.05) is 35.0 Å². The molecular formula is C15H13N3O2S. The summed E-state index contributed by atoms with van der Waals surface area (Å²) < 4.78 is 1.21. The maximum absolute atomic E-state index is 10.6. The van der Waals surface area contributed by atoms with Crippen LogP contribution in [0.3, 0.4) is 0 Å². The Hall–Kier alpha value is -2.47. The van der Waals surface area contributed by atoms with Gasteiger partial charge in [-0.15, -0.1) is 11.3 Å². The monoisotopic (exact) mass is 299 g/mol. The van der Waals surface area contributed by atoms with Crippen molar-refractivity contribution in [3.63, 3.8) is 0 Å². The van der Waals surface area contributed by atoms with Crippen LogP contribution in [-0.4, -0.2) is 16.5 Å². The molecule has 106 valence electrons. The van der Waals surface area contributed by atoms with Crippen LogP contribution in [0.25, 0.3) is 10.1 Å². The number of nitro groups is 1. The van der Waals surface area contributed by atoms with E-state index in [0.717, 1.165) is 29.7 Å². The first-order chi connectivity index (χ1) is 10.2. The molecule has 0 radical (unpaired) electrons. The van der Waals surface area contributed by atoms with Crippen molar-refractivity contribution in [1.29, 1.82) is 0 Å². The van der Waals surface area contributed by atoms with E-state index >= 15 is 0 Å². The number of nitrogens with one attached hydrogen (secondary N) is 1. The van der Waals surface area contributed by atoms with Gasteiger partial charge in [-0.3, -0.25) is 10.1 Å². The molecule has 3 aromatic rings. The Morgan fingerprint density at radius 2 is 2.00 bits per heavy atom. The summed E-state index contributed by atoms with van der Waals surface area (Å²) in [6.07, 6.45) is 2.59. The van der Waals surface area contributed by atoms with Crippen LogP contribution in [0.15, 0.2) is 48.0 Å². The van der Waals surface area contributed by atoms with Crippen LogP contribution in [0.2, 0.25) is 0 Å². The highest BCUT2D eigenvalue weighted by Gasteiger charge is 2.05. The molecule has 0 aliphatic heterocycles. The van der Waals surface area contributed by atoms with E-state index in [2.05, 4.69) is 16.4 Å². The summed E-state index contributed by atoms with van der Waals surface area (Å²) in [6.45, 7) is 0.736. The summed E-state index contributed by atoms with van der Waals surface area (Å²) in [5.74, 6) is 0.885. The fraction of sp³-hybridized carbons (Fsp3) is 0.133. The van der Waals surface area contributed by atoms with Crippen molar-refractivity contribution < 1.29 is 4.92 Å². The lowest BCUT2D eigenvalue weighted by Gasteiger charge is -2.06. The van der Waals surface area contributed by atoms with Gasteiger partial charge in [0.05, 0.1) is 4.92 Å². The topological polar surface area (TPSA) is 68.1 Å². The van der Waals surface area contributed by atoms with E-state index in [-0.39, 0.29) is 10.6 Å². The molecule has 0 aliphatic carbocycles. The van der Waals surface area contributed by atoms with Crippen LogP contribution in [0.1, 0.15) is 5.56 Å². The van der Waals surface area contributed by atoms with Crippen LogP contribution in [-0.2, 0) is 6.42 Å². The quantitative estimate of drug-likeness (QED) is 0.574. The van der Waals surface area contributed by atoms with Gasteiger partial charge in [-0.25, -0.2) is 4.98 Å². The maximum Gasteiger partial charge on any atom is 0.269 e. The zero-order valence-electron chi connectivity index (χ0n) is 11.2. The van der Waals surface area contributed by atoms with Gasteiger partial charge in [0.2, 0.25) is 0 Å². The van der Waals surface area contributed by atoms with Gasteiger partial charge in [0.25, 0.3) is 5.69 Å². The molecule has 0 unspecified atom stereocenters. The average molecular weight is 299 g/mol. The molecule has 0 saturated heterocycles. The van der Waals surface area contributed by atoms with Gasteiger partial charge in [0.1, 0.15) is 5.82 Å². The van der Waals surface area contributed by atoms with Gasteiger partial charge in [0.15, 0.2) is 0 Å². The van der Waals surface area contributed by atoms with Gasteiger partial charge in [-0.05, 0) is 29.5 Å². The molecular weight excluding hydrogens is 286 g/mol. The smallest absolute Gasteiger partial charge is 0.269 e. The van der Waals surface area contributed by atoms with E-state index in [1.807, 2.05) is 11.4 Å². The molecule has 21 heavy (non-hydrogen) atoms. The lowest BCUT2D eigenvalue weighted by molar-refractivity contribution is -0.384. The Morgan fingerprint density at radius 1 is 1.19 bits per heavy atom. The molecule has 6 heteroatoms. The van der Waals surface area contributed by atoms with Crippen LogP contribution in [0, 0.1) is 10.1 Å². The number of rotatable bonds is 5. The van der Waals surface area contributed by atoms with E-state index in [9.17, 15) is 10.1 Å². The molecule has 0 atom stereocenters. The average Bonchev–Trinajstić information content (AvgIpc) is 2.97. The Bertz CT molecular complexity index is 768. The van der Waals surface area contributed by atoms with Crippen molar-refractivity contribution in [3.8, 4) is 0 Å². The first-order valence-electron chi connectivity index (χ1n) is 6.53. The lowest BCUT2D eigenvalue weighted by Crippen LogP contribution is -2.06. The van der Waals surface area contributed by atoms with Crippen molar-refractivity contribution in [2.45, 2.75) is 6.42 Å². The van der Waals surface area contributed by atoms with E-state index in [1.54, 1.807) is 29.7 Å². The molecule has 1 N–H and O–H groups in total. The fourth-order valence-electron chi connectivity index (χ4n) is 2.15. The molecule has 2 aromatic heterocycles. The summed E-state index contributed by atoms with van der Waals surface area (Å²) in [5.41, 5.74) is 1.18. The highest BCUT2D eigenvalue weighted by atomic mass is 32.1. The number of pyridine rings is 1. The third-order valence-electron chi connectivity index (χ3n) is 3.23. The number of anilines is 1. The van der Waals surface area contributed by atoms with E-state index in [1.165, 1.54) is 16.8 Å². The first-order valence-corrected chi connectivity index (χ1v) is 7.41. The standard InChI is InChI=1S/C15H13N3O2S/c19-18(20)12-3-1-11(2-4-12)5-8-16-15-13-7-10-21-14(13)6-9-17-15/h1-4,6-7,9-10H,5,8H2,(H,16,17). The third kappa shape index (κ3) is 3.00. The Balaban J connectivity index is 1.63. The number of non-ortho nitro benzene ring substituents is 1. The predicted molar refractivity (Wildman–Crippen MR) is 84.9 cm³/mol. The van der Waals surface area contributed by atoms with Crippen LogP contribution in [0.4, 0.5) is 11.5 Å². The van der Waals surface area contributed by atoms with Crippen molar-refractivity contribution >= 4 is 32.9 Å². The summed E-state index contributed by atoms with van der Waals surface area (Å²) in [4.78, 5) is 14.6. The minimum absolute atomic E-state index is 0.122. The predicted octanol–water partition coefficient (Wildman–Crippen LogP) is 3.86. The normalized spacial score (nSPS) is 10.7. The number of nitro benzene ring substituents is 1. The molecule has 0 aliphatic rings. The molecule has 5 nitrogen and oxygen atoms in total. The molecule has 0 fully saturated rings. The van der Waals surface area contributed by atoms with Gasteiger partial charge < -0.3 is 5.32 Å². The molecule has 0 saturated carbocycles. The third-order valence-corrected chi connectivity index (χ3v) is 4.12. The number of nitrogens with zero attached hydrogens (tertiary/aromatic N) is 2. The molecule has 0 bridgehead atoms. The van der Waals surface area contributed by atoms with Crippen molar-refractivity contribution in [1.82, 2.24) is 4.98 Å². The van der Waals surface area contributed by atoms with Crippen LogP contribution < -0.4 is 5.32 Å². The number of hydrogen-bond acceptors (Lipinski definition) is 5. The van der Waals surface area contributed by atoms with Crippen molar-refractivity contribution in [3.05, 3.63) is 63.7 Å². The number of hydrogen-bond donors (Lipinski definition) is 1. The van der Waals surface area contributed by atoms with E-state index < -0.39 is 0 Å². The number of fused-ring (bicyclic) bond motifs is 1. The zero-order valence-corrected chi connectivity index (χ0v) is 12.0. The zero-order chi connectivity index (χ0) is 14.7. The molecule has 2 heterocycles. The van der Waals surface area contributed by atoms with Crippen molar-refractivity contribution in [2.24, 2.45) is 0 Å². The summed E-state index contributed by atoms with van der Waals surface area (Å²) in [6, 6.07) is 10.7. The first kappa shape index (κ1) is 13.5. The van der Waals surface area contributed by atoms with Crippen molar-refractivity contribution in [2.75, 3.05) is 11.9 Å². The van der Waals surface area contributed by atoms with Gasteiger partial charge >= 0.3 is 0 Å². The Kier molecular flexibility index (Phi) is 3.79. The molecule has 1 aromatic carbocycles. The largest absolute Gasteiger partial charge is 0.369 e. The molecule has 0 spiro atoms. The SMILES string of the molecule is O=[N+]([O-])c1ccc(CCNc2nccc3sccc23)cc1. The summed E-state index contributed by atoms with van der Waals surface area (Å²) in [5, 5.41) is 17.1. The highest BCUT2D eigenvalue weighted by molar-refractivity contribution is 7.17. The minimum Gasteiger partial charge on any atom is -0.369 e. The summed E-state index contributed by atoms with van der Waals surface area (Å²) >= 11 is 1.69. The second kappa shape index (κ2) is 5.88. The second-order valence-corrected chi connectivity index (χ2v) is 5.54. The number of benzene rings is 1. The van der Waals surface area contributed by atoms with Gasteiger partial charge in [-0.2, -0.15) is 0 Å². The highest BCUT2D eigenvalue weighted by Crippen LogP contribution is 2.25. The second-order valence-electron chi connectivity index (χ2n) is 4.59. The molecule has 0 amide bonds. The van der Waals surface area contributed by atoms with Crippen LogP contribution in [0.5, 0.6) is 0 Å². The fourth-order valence-corrected chi connectivity index (χ4v) is 2.93. The Morgan fingerprint density at radius 3 is 2.76 bits per heavy atom. The number of aromatic nitrogens is 1. The maximum atomic E-state index is 10.6. The van der Waals surface area contributed by atoms with Crippen LogP contribution >= 0.6 is 11.3 Å². The Labute approximate surface area is 125 Å². The minimum atomic E-state index is -0.386. The number of thiophene rings is 1.